The van der Waals surface area contributed by atoms with Gasteiger partial charge in [-0.1, -0.05) is 19.3 Å². The molecule has 2 unspecified atom stereocenters. The molecule has 2 fully saturated rings. The van der Waals surface area contributed by atoms with Crippen molar-refractivity contribution in [1.82, 2.24) is 9.80 Å². The molecule has 0 aromatic heterocycles. The number of aliphatic hydroxyl groups excluding tert-OH is 1. The molecule has 1 amide bonds. The van der Waals surface area contributed by atoms with Gasteiger partial charge >= 0.3 is 0 Å². The van der Waals surface area contributed by atoms with Gasteiger partial charge in [-0.05, 0) is 19.8 Å². The Bertz CT molecular complexity index is 277. The van der Waals surface area contributed by atoms with E-state index in [9.17, 15) is 9.90 Å². The Labute approximate surface area is 104 Å². The van der Waals surface area contributed by atoms with Gasteiger partial charge in [-0.15, -0.1) is 0 Å². The molecule has 1 N–H and O–H groups in total. The third-order valence-electron chi connectivity index (χ3n) is 4.24. The summed E-state index contributed by atoms with van der Waals surface area (Å²) in [5.41, 5.74) is 0. The fourth-order valence-corrected chi connectivity index (χ4v) is 3.44. The van der Waals surface area contributed by atoms with Crippen molar-refractivity contribution in [2.45, 2.75) is 57.2 Å². The number of amides is 1. The van der Waals surface area contributed by atoms with Crippen LogP contribution in [0.4, 0.5) is 0 Å². The van der Waals surface area contributed by atoms with Crippen LogP contribution >= 0.6 is 0 Å². The molecule has 0 spiro atoms. The number of aliphatic hydroxyl groups is 1. The number of hydrogen-bond acceptors (Lipinski definition) is 3. The van der Waals surface area contributed by atoms with Gasteiger partial charge < -0.3 is 10.0 Å². The molecular weight excluding hydrogens is 216 g/mol. The molecule has 98 valence electrons. The van der Waals surface area contributed by atoms with Gasteiger partial charge in [0.15, 0.2) is 0 Å². The van der Waals surface area contributed by atoms with Gasteiger partial charge in [0.1, 0.15) is 6.04 Å². The number of rotatable bonds is 2. The van der Waals surface area contributed by atoms with Gasteiger partial charge in [-0.2, -0.15) is 0 Å². The normalized spacial score (nSPS) is 33.1. The second-order valence-corrected chi connectivity index (χ2v) is 5.51. The van der Waals surface area contributed by atoms with Crippen LogP contribution in [0.15, 0.2) is 0 Å². The molecule has 1 aliphatic heterocycles. The zero-order valence-corrected chi connectivity index (χ0v) is 10.9. The van der Waals surface area contributed by atoms with Crippen LogP contribution in [-0.2, 0) is 4.79 Å². The summed E-state index contributed by atoms with van der Waals surface area (Å²) < 4.78 is 0. The molecular formula is C13H24N2O2. The minimum Gasteiger partial charge on any atom is -0.394 e. The molecule has 0 aromatic carbocycles. The third kappa shape index (κ3) is 2.47. The largest absolute Gasteiger partial charge is 0.394 e. The van der Waals surface area contributed by atoms with Crippen LogP contribution < -0.4 is 0 Å². The van der Waals surface area contributed by atoms with E-state index in [1.165, 1.54) is 32.1 Å². The number of likely N-dealkylation sites (N-methyl/N-ethyl adjacent to an activating group) is 1. The highest BCUT2D eigenvalue weighted by molar-refractivity contribution is 5.82. The van der Waals surface area contributed by atoms with Gasteiger partial charge in [-0.3, -0.25) is 9.69 Å². The van der Waals surface area contributed by atoms with E-state index >= 15 is 0 Å². The van der Waals surface area contributed by atoms with Gasteiger partial charge in [-0.25, -0.2) is 0 Å². The maximum absolute atomic E-state index is 12.1. The van der Waals surface area contributed by atoms with Crippen molar-refractivity contribution in [2.24, 2.45) is 0 Å². The lowest BCUT2D eigenvalue weighted by Gasteiger charge is -2.48. The van der Waals surface area contributed by atoms with Crippen molar-refractivity contribution < 1.29 is 9.90 Å². The van der Waals surface area contributed by atoms with Crippen LogP contribution in [0.3, 0.4) is 0 Å². The predicted molar refractivity (Wildman–Crippen MR) is 66.7 cm³/mol. The highest BCUT2D eigenvalue weighted by Gasteiger charge is 2.40. The summed E-state index contributed by atoms with van der Waals surface area (Å²) in [6.45, 7) is 2.90. The van der Waals surface area contributed by atoms with Crippen LogP contribution in [0.1, 0.15) is 39.0 Å². The van der Waals surface area contributed by atoms with Crippen LogP contribution in [0.2, 0.25) is 0 Å². The van der Waals surface area contributed by atoms with E-state index in [0.29, 0.717) is 12.1 Å². The molecule has 1 heterocycles. The lowest BCUT2D eigenvalue weighted by Crippen LogP contribution is -2.64. The van der Waals surface area contributed by atoms with Gasteiger partial charge in [0.05, 0.1) is 6.61 Å². The van der Waals surface area contributed by atoms with Crippen LogP contribution in [0, 0.1) is 0 Å². The fraction of sp³-hybridized carbons (Fsp3) is 0.923. The quantitative estimate of drug-likeness (QED) is 0.778. The molecule has 0 aromatic rings. The standard InChI is InChI=1S/C13H24N2O2/c1-10-8-14(2)13(17)12(9-16)15(10)11-6-4-3-5-7-11/h10-12,16H,3-9H2,1-2H3. The van der Waals surface area contributed by atoms with Crippen molar-refractivity contribution in [3.8, 4) is 0 Å². The summed E-state index contributed by atoms with van der Waals surface area (Å²) in [5, 5.41) is 9.51. The molecule has 4 nitrogen and oxygen atoms in total. The number of carbonyl (C=O) groups is 1. The van der Waals surface area contributed by atoms with Gasteiger partial charge in [0, 0.05) is 25.7 Å². The van der Waals surface area contributed by atoms with E-state index in [4.69, 9.17) is 0 Å². The average molecular weight is 240 g/mol. The summed E-state index contributed by atoms with van der Waals surface area (Å²) in [5.74, 6) is 0.0798. The minimum absolute atomic E-state index is 0.0516. The highest BCUT2D eigenvalue weighted by atomic mass is 16.3. The molecule has 1 saturated heterocycles. The SMILES string of the molecule is CC1CN(C)C(=O)C(CO)N1C1CCCCC1. The fourth-order valence-electron chi connectivity index (χ4n) is 3.44. The third-order valence-corrected chi connectivity index (χ3v) is 4.24. The summed E-state index contributed by atoms with van der Waals surface area (Å²) in [7, 11) is 1.83. The van der Waals surface area contributed by atoms with Crippen molar-refractivity contribution in [3.05, 3.63) is 0 Å². The maximum Gasteiger partial charge on any atom is 0.242 e. The Morgan fingerprint density at radius 3 is 2.53 bits per heavy atom. The van der Waals surface area contributed by atoms with E-state index < -0.39 is 0 Å². The molecule has 2 aliphatic rings. The molecule has 0 radical (unpaired) electrons. The first-order valence-electron chi connectivity index (χ1n) is 6.78. The summed E-state index contributed by atoms with van der Waals surface area (Å²) >= 11 is 0. The highest BCUT2D eigenvalue weighted by Crippen LogP contribution is 2.28. The lowest BCUT2D eigenvalue weighted by atomic mass is 9.90. The first-order chi connectivity index (χ1) is 8.15. The van der Waals surface area contributed by atoms with E-state index in [0.717, 1.165) is 6.54 Å². The summed E-state index contributed by atoms with van der Waals surface area (Å²) in [6, 6.07) is 0.540. The van der Waals surface area contributed by atoms with Crippen LogP contribution in [-0.4, -0.2) is 59.1 Å². The summed E-state index contributed by atoms with van der Waals surface area (Å²) in [4.78, 5) is 16.1. The van der Waals surface area contributed by atoms with Gasteiger partial charge in [0.25, 0.3) is 0 Å². The molecule has 4 heteroatoms. The monoisotopic (exact) mass is 240 g/mol. The average Bonchev–Trinajstić information content (AvgIpc) is 2.34. The Morgan fingerprint density at radius 1 is 1.29 bits per heavy atom. The first-order valence-corrected chi connectivity index (χ1v) is 6.78. The molecule has 2 atom stereocenters. The molecule has 1 aliphatic carbocycles. The Kier molecular flexibility index (Phi) is 4.05. The second kappa shape index (κ2) is 5.36. The van der Waals surface area contributed by atoms with Crippen molar-refractivity contribution >= 4 is 5.91 Å². The predicted octanol–water partition coefficient (Wildman–Crippen LogP) is 0.842. The molecule has 2 rings (SSSR count). The Hall–Kier alpha value is -0.610. The number of nitrogens with zero attached hydrogens (tertiary/aromatic N) is 2. The van der Waals surface area contributed by atoms with E-state index in [2.05, 4.69) is 11.8 Å². The van der Waals surface area contributed by atoms with E-state index in [-0.39, 0.29) is 18.6 Å². The van der Waals surface area contributed by atoms with E-state index in [1.54, 1.807) is 4.90 Å². The Morgan fingerprint density at radius 2 is 1.94 bits per heavy atom. The van der Waals surface area contributed by atoms with E-state index in [1.807, 2.05) is 7.05 Å². The number of carbonyl (C=O) groups excluding carboxylic acids is 1. The van der Waals surface area contributed by atoms with Gasteiger partial charge in [0.2, 0.25) is 5.91 Å². The zero-order valence-electron chi connectivity index (χ0n) is 10.9. The van der Waals surface area contributed by atoms with Crippen molar-refractivity contribution in [1.29, 1.82) is 0 Å². The smallest absolute Gasteiger partial charge is 0.242 e. The zero-order chi connectivity index (χ0) is 12.4. The molecule has 1 saturated carbocycles. The minimum atomic E-state index is -0.313. The lowest BCUT2D eigenvalue weighted by molar-refractivity contribution is -0.148. The van der Waals surface area contributed by atoms with Crippen molar-refractivity contribution in [3.63, 3.8) is 0 Å². The Balaban J connectivity index is 2.13. The molecule has 0 bridgehead atoms. The topological polar surface area (TPSA) is 43.8 Å². The second-order valence-electron chi connectivity index (χ2n) is 5.51. The van der Waals surface area contributed by atoms with Crippen LogP contribution in [0.5, 0.6) is 0 Å². The molecule has 17 heavy (non-hydrogen) atoms. The first kappa shape index (κ1) is 12.8. The maximum atomic E-state index is 12.1. The van der Waals surface area contributed by atoms with Crippen LogP contribution in [0.25, 0.3) is 0 Å². The summed E-state index contributed by atoms with van der Waals surface area (Å²) in [6.07, 6.45) is 6.19. The van der Waals surface area contributed by atoms with Crippen molar-refractivity contribution in [2.75, 3.05) is 20.2 Å². The number of hydrogen-bond donors (Lipinski definition) is 1. The number of piperazine rings is 1.